The predicted octanol–water partition coefficient (Wildman–Crippen LogP) is 2.36. The highest BCUT2D eigenvalue weighted by Gasteiger charge is 2.37. The summed E-state index contributed by atoms with van der Waals surface area (Å²) in [6.07, 6.45) is 10.7. The van der Waals surface area contributed by atoms with E-state index >= 15 is 0 Å². The lowest BCUT2D eigenvalue weighted by Gasteiger charge is -2.40. The average molecular weight is 350 g/mol. The van der Waals surface area contributed by atoms with Crippen LogP contribution in [0.4, 0.5) is 5.82 Å². The van der Waals surface area contributed by atoms with Crippen molar-refractivity contribution < 1.29 is 4.79 Å². The standard InChI is InChI=1S/C19H22N6O/c1-19(16-12-24-9-3-5-15(24)17(20-2)23-16)6-4-10-25(13-19)18(26)14-11-21-7-8-22-14/h3,5,7-9,11-12H,4,6,10,13H2,1-2H3,(H,20,23)/t19-/m0/s1. The number of carbonyl (C=O) groups is 1. The quantitative estimate of drug-likeness (QED) is 0.785. The van der Waals surface area contributed by atoms with E-state index in [1.54, 1.807) is 12.4 Å². The first-order valence-electron chi connectivity index (χ1n) is 8.82. The predicted molar refractivity (Wildman–Crippen MR) is 99.3 cm³/mol. The number of nitrogens with one attached hydrogen (secondary N) is 1. The van der Waals surface area contributed by atoms with E-state index in [9.17, 15) is 4.79 Å². The molecule has 3 aromatic heterocycles. The van der Waals surface area contributed by atoms with Crippen molar-refractivity contribution in [1.29, 1.82) is 0 Å². The second-order valence-corrected chi connectivity index (χ2v) is 7.01. The Bertz CT molecular complexity index is 938. The minimum absolute atomic E-state index is 0.0695. The molecule has 4 heterocycles. The van der Waals surface area contributed by atoms with E-state index in [0.29, 0.717) is 12.2 Å². The normalized spacial score (nSPS) is 20.3. The smallest absolute Gasteiger partial charge is 0.274 e. The van der Waals surface area contributed by atoms with Crippen molar-refractivity contribution in [3.05, 3.63) is 54.5 Å². The van der Waals surface area contributed by atoms with Gasteiger partial charge in [0.25, 0.3) is 5.91 Å². The van der Waals surface area contributed by atoms with Crippen LogP contribution in [0.1, 0.15) is 35.9 Å². The summed E-state index contributed by atoms with van der Waals surface area (Å²) >= 11 is 0. The zero-order valence-corrected chi connectivity index (χ0v) is 15.0. The molecule has 1 aliphatic rings. The maximum atomic E-state index is 12.8. The van der Waals surface area contributed by atoms with Crippen LogP contribution in [-0.2, 0) is 5.41 Å². The molecule has 134 valence electrons. The van der Waals surface area contributed by atoms with E-state index in [2.05, 4.69) is 32.8 Å². The van der Waals surface area contributed by atoms with Gasteiger partial charge in [0.1, 0.15) is 11.5 Å². The molecule has 1 saturated heterocycles. The summed E-state index contributed by atoms with van der Waals surface area (Å²) in [5.41, 5.74) is 2.21. The molecule has 3 aromatic rings. The van der Waals surface area contributed by atoms with Gasteiger partial charge in [-0.1, -0.05) is 6.92 Å². The fraction of sp³-hybridized carbons (Fsp3) is 0.368. The monoisotopic (exact) mass is 350 g/mol. The number of amides is 1. The molecule has 0 radical (unpaired) electrons. The van der Waals surface area contributed by atoms with Gasteiger partial charge < -0.3 is 14.6 Å². The lowest BCUT2D eigenvalue weighted by atomic mass is 9.79. The van der Waals surface area contributed by atoms with Gasteiger partial charge in [0.15, 0.2) is 0 Å². The fourth-order valence-corrected chi connectivity index (χ4v) is 3.71. The van der Waals surface area contributed by atoms with Gasteiger partial charge in [0.2, 0.25) is 0 Å². The third-order valence-electron chi connectivity index (χ3n) is 5.14. The number of hydrogen-bond donors (Lipinski definition) is 1. The highest BCUT2D eigenvalue weighted by molar-refractivity contribution is 5.92. The maximum Gasteiger partial charge on any atom is 0.274 e. The Balaban J connectivity index is 1.66. The summed E-state index contributed by atoms with van der Waals surface area (Å²) in [7, 11) is 1.88. The van der Waals surface area contributed by atoms with E-state index in [1.807, 2.05) is 30.3 Å². The molecule has 0 spiro atoms. The summed E-state index contributed by atoms with van der Waals surface area (Å²) in [5.74, 6) is 0.783. The van der Waals surface area contributed by atoms with Gasteiger partial charge in [0, 0.05) is 50.3 Å². The van der Waals surface area contributed by atoms with E-state index in [0.717, 1.165) is 36.4 Å². The first kappa shape index (κ1) is 16.5. The van der Waals surface area contributed by atoms with Gasteiger partial charge in [-0.2, -0.15) is 0 Å². The molecule has 7 nitrogen and oxygen atoms in total. The van der Waals surface area contributed by atoms with Crippen LogP contribution in [0, 0.1) is 0 Å². The Labute approximate surface area is 152 Å². The topological polar surface area (TPSA) is 75.4 Å². The van der Waals surface area contributed by atoms with E-state index in [-0.39, 0.29) is 11.3 Å². The SMILES string of the molecule is CNc1nc([C@@]2(C)CCCN(C(=O)c3cnccn3)C2)cn2cccc12. The largest absolute Gasteiger partial charge is 0.371 e. The molecule has 0 saturated carbocycles. The zero-order valence-electron chi connectivity index (χ0n) is 15.0. The Hall–Kier alpha value is -2.96. The summed E-state index contributed by atoms with van der Waals surface area (Å²) in [6, 6.07) is 4.05. The third-order valence-corrected chi connectivity index (χ3v) is 5.14. The second-order valence-electron chi connectivity index (χ2n) is 7.01. The Morgan fingerprint density at radius 1 is 1.35 bits per heavy atom. The molecule has 1 amide bonds. The van der Waals surface area contributed by atoms with Crippen LogP contribution in [0.2, 0.25) is 0 Å². The van der Waals surface area contributed by atoms with E-state index < -0.39 is 0 Å². The number of anilines is 1. The van der Waals surface area contributed by atoms with Crippen LogP contribution in [0.25, 0.3) is 5.52 Å². The Morgan fingerprint density at radius 3 is 3.00 bits per heavy atom. The molecule has 1 atom stereocenters. The van der Waals surface area contributed by atoms with Gasteiger partial charge in [-0.3, -0.25) is 9.78 Å². The molecule has 0 aliphatic carbocycles. The number of aromatic nitrogens is 4. The highest BCUT2D eigenvalue weighted by Crippen LogP contribution is 2.34. The number of nitrogens with zero attached hydrogens (tertiary/aromatic N) is 5. The average Bonchev–Trinajstić information content (AvgIpc) is 3.16. The minimum atomic E-state index is -0.208. The Morgan fingerprint density at radius 2 is 2.23 bits per heavy atom. The van der Waals surface area contributed by atoms with Crippen molar-refractivity contribution >= 4 is 17.2 Å². The molecule has 0 bridgehead atoms. The molecule has 0 aromatic carbocycles. The van der Waals surface area contributed by atoms with Crippen molar-refractivity contribution in [1.82, 2.24) is 24.3 Å². The van der Waals surface area contributed by atoms with Crippen LogP contribution in [-0.4, -0.2) is 50.3 Å². The molecular weight excluding hydrogens is 328 g/mol. The van der Waals surface area contributed by atoms with Crippen molar-refractivity contribution in [3.63, 3.8) is 0 Å². The first-order chi connectivity index (χ1) is 12.6. The first-order valence-corrected chi connectivity index (χ1v) is 8.82. The maximum absolute atomic E-state index is 12.8. The lowest BCUT2D eigenvalue weighted by Crippen LogP contribution is -2.47. The number of carbonyl (C=O) groups excluding carboxylic acids is 1. The summed E-state index contributed by atoms with van der Waals surface area (Å²) < 4.78 is 2.09. The van der Waals surface area contributed by atoms with Crippen molar-refractivity contribution in [3.8, 4) is 0 Å². The Kier molecular flexibility index (Phi) is 4.06. The van der Waals surface area contributed by atoms with Crippen LogP contribution >= 0.6 is 0 Å². The van der Waals surface area contributed by atoms with E-state index in [4.69, 9.17) is 4.98 Å². The van der Waals surface area contributed by atoms with Crippen LogP contribution in [0.3, 0.4) is 0 Å². The zero-order chi connectivity index (χ0) is 18.1. The number of rotatable bonds is 3. The number of fused-ring (bicyclic) bond motifs is 1. The van der Waals surface area contributed by atoms with Crippen LogP contribution in [0.15, 0.2) is 43.1 Å². The molecule has 1 fully saturated rings. The molecular formula is C19H22N6O. The summed E-state index contributed by atoms with van der Waals surface area (Å²) in [6.45, 7) is 3.53. The number of likely N-dealkylation sites (tertiary alicyclic amines) is 1. The summed E-state index contributed by atoms with van der Waals surface area (Å²) in [4.78, 5) is 27.7. The van der Waals surface area contributed by atoms with Gasteiger partial charge in [0.05, 0.1) is 17.4 Å². The van der Waals surface area contributed by atoms with Gasteiger partial charge >= 0.3 is 0 Å². The van der Waals surface area contributed by atoms with Crippen LogP contribution in [0.5, 0.6) is 0 Å². The molecule has 0 unspecified atom stereocenters. The van der Waals surface area contributed by atoms with Gasteiger partial charge in [-0.25, -0.2) is 9.97 Å². The summed E-state index contributed by atoms with van der Waals surface area (Å²) in [5, 5.41) is 3.18. The second kappa shape index (κ2) is 6.40. The molecule has 7 heteroatoms. The number of hydrogen-bond acceptors (Lipinski definition) is 5. The van der Waals surface area contributed by atoms with Crippen LogP contribution < -0.4 is 5.32 Å². The van der Waals surface area contributed by atoms with Crippen molar-refractivity contribution in [2.45, 2.75) is 25.2 Å². The number of piperidine rings is 1. The van der Waals surface area contributed by atoms with E-state index in [1.165, 1.54) is 6.20 Å². The van der Waals surface area contributed by atoms with Crippen molar-refractivity contribution in [2.75, 3.05) is 25.5 Å². The molecule has 1 N–H and O–H groups in total. The fourth-order valence-electron chi connectivity index (χ4n) is 3.71. The minimum Gasteiger partial charge on any atom is -0.371 e. The van der Waals surface area contributed by atoms with Gasteiger partial charge in [-0.15, -0.1) is 0 Å². The molecule has 26 heavy (non-hydrogen) atoms. The molecule has 1 aliphatic heterocycles. The van der Waals surface area contributed by atoms with Gasteiger partial charge in [-0.05, 0) is 25.0 Å². The third kappa shape index (κ3) is 2.79. The lowest BCUT2D eigenvalue weighted by molar-refractivity contribution is 0.0641. The highest BCUT2D eigenvalue weighted by atomic mass is 16.2. The van der Waals surface area contributed by atoms with Crippen molar-refractivity contribution in [2.24, 2.45) is 0 Å². The molecule has 4 rings (SSSR count).